The lowest BCUT2D eigenvalue weighted by Gasteiger charge is -2.15. The fraction of sp³-hybridized carbons (Fsp3) is 0.238. The maximum atomic E-state index is 12.7. The van der Waals surface area contributed by atoms with E-state index in [9.17, 15) is 18.3 Å². The van der Waals surface area contributed by atoms with Crippen molar-refractivity contribution in [2.75, 3.05) is 18.2 Å². The topological polar surface area (TPSA) is 135 Å². The van der Waals surface area contributed by atoms with Crippen molar-refractivity contribution in [3.63, 3.8) is 0 Å². The first-order valence-electron chi connectivity index (χ1n) is 9.45. The van der Waals surface area contributed by atoms with E-state index in [-0.39, 0.29) is 29.4 Å². The van der Waals surface area contributed by atoms with Crippen LogP contribution >= 0.6 is 11.3 Å². The number of sulfone groups is 1. The summed E-state index contributed by atoms with van der Waals surface area (Å²) in [6.45, 7) is 1.22. The molecule has 0 bridgehead atoms. The van der Waals surface area contributed by atoms with Crippen LogP contribution in [-0.4, -0.2) is 48.5 Å². The molecule has 3 aromatic rings. The molecule has 3 N–H and O–H groups in total. The van der Waals surface area contributed by atoms with Crippen LogP contribution in [0.25, 0.3) is 0 Å². The summed E-state index contributed by atoms with van der Waals surface area (Å²) < 4.78 is 34.7. The molecule has 1 aromatic heterocycles. The van der Waals surface area contributed by atoms with Crippen LogP contribution < -0.4 is 14.8 Å². The lowest BCUT2D eigenvalue weighted by atomic mass is 10.2. The summed E-state index contributed by atoms with van der Waals surface area (Å²) in [7, 11) is -3.34. The van der Waals surface area contributed by atoms with E-state index in [0.29, 0.717) is 22.3 Å². The number of thiazole rings is 1. The van der Waals surface area contributed by atoms with Gasteiger partial charge in [0, 0.05) is 23.3 Å². The number of hydrogen-bond acceptors (Lipinski definition) is 9. The fourth-order valence-corrected chi connectivity index (χ4v) is 3.92. The molecule has 170 valence electrons. The molecule has 0 radical (unpaired) electrons. The molecular weight excluding hydrogens is 456 g/mol. The Kier molecular flexibility index (Phi) is 7.46. The molecule has 0 aliphatic carbocycles. The van der Waals surface area contributed by atoms with Crippen LogP contribution in [-0.2, 0) is 16.4 Å². The van der Waals surface area contributed by atoms with Crippen molar-refractivity contribution >= 4 is 32.2 Å². The van der Waals surface area contributed by atoms with Crippen LogP contribution in [0.5, 0.6) is 17.2 Å². The Morgan fingerprint density at radius 1 is 1.12 bits per heavy atom. The Morgan fingerprint density at radius 2 is 1.81 bits per heavy atom. The highest BCUT2D eigenvalue weighted by molar-refractivity contribution is 7.90. The van der Waals surface area contributed by atoms with Gasteiger partial charge in [0.05, 0.1) is 23.8 Å². The predicted octanol–water partition coefficient (Wildman–Crippen LogP) is 2.84. The molecule has 11 heteroatoms. The summed E-state index contributed by atoms with van der Waals surface area (Å²) >= 11 is 1.18. The zero-order valence-corrected chi connectivity index (χ0v) is 18.9. The molecular formula is C21H22N2O7S2. The zero-order valence-electron chi connectivity index (χ0n) is 17.3. The highest BCUT2D eigenvalue weighted by Crippen LogP contribution is 2.29. The number of rotatable bonds is 9. The van der Waals surface area contributed by atoms with Crippen molar-refractivity contribution in [2.24, 2.45) is 0 Å². The van der Waals surface area contributed by atoms with Crippen LogP contribution in [0.2, 0.25) is 0 Å². The summed E-state index contributed by atoms with van der Waals surface area (Å²) in [5.41, 5.74) is 0.664. The molecule has 32 heavy (non-hydrogen) atoms. The molecule has 1 atom stereocenters. The number of anilines is 1. The molecule has 0 fully saturated rings. The Hall–Kier alpha value is -2.99. The molecule has 9 nitrogen and oxygen atoms in total. The summed E-state index contributed by atoms with van der Waals surface area (Å²) in [6, 6.07) is 10.4. The minimum absolute atomic E-state index is 0.157. The smallest absolute Gasteiger partial charge is 0.257 e. The number of amides is 1. The van der Waals surface area contributed by atoms with Gasteiger partial charge in [0.15, 0.2) is 15.0 Å². The lowest BCUT2D eigenvalue weighted by Crippen LogP contribution is -2.17. The third kappa shape index (κ3) is 6.26. The fourth-order valence-electron chi connectivity index (χ4n) is 2.60. The number of ether oxygens (including phenoxy) is 2. The summed E-state index contributed by atoms with van der Waals surface area (Å²) in [6.07, 6.45) is 0.601. The number of benzene rings is 2. The van der Waals surface area contributed by atoms with Crippen molar-refractivity contribution < 1.29 is 32.9 Å². The molecule has 1 heterocycles. The first kappa shape index (κ1) is 23.7. The van der Waals surface area contributed by atoms with Crippen LogP contribution in [0.1, 0.15) is 23.0 Å². The number of hydrogen-bond donors (Lipinski definition) is 3. The second kappa shape index (κ2) is 10.1. The first-order valence-corrected chi connectivity index (χ1v) is 12.2. The minimum atomic E-state index is -3.34. The zero-order chi connectivity index (χ0) is 23.3. The van der Waals surface area contributed by atoms with Gasteiger partial charge in [0.2, 0.25) is 0 Å². The molecule has 0 aliphatic heterocycles. The number of aliphatic hydroxyl groups excluding tert-OH is 2. The molecule has 0 saturated heterocycles. The maximum absolute atomic E-state index is 12.7. The summed E-state index contributed by atoms with van der Waals surface area (Å²) in [5.74, 6) is 0.476. The van der Waals surface area contributed by atoms with E-state index in [1.165, 1.54) is 47.7 Å². The van der Waals surface area contributed by atoms with E-state index < -0.39 is 21.8 Å². The van der Waals surface area contributed by atoms with E-state index in [1.54, 1.807) is 18.4 Å². The van der Waals surface area contributed by atoms with E-state index in [0.717, 1.165) is 6.26 Å². The van der Waals surface area contributed by atoms with Crippen molar-refractivity contribution in [1.29, 1.82) is 0 Å². The van der Waals surface area contributed by atoms with Crippen LogP contribution in [0, 0.1) is 0 Å². The average Bonchev–Trinajstić information content (AvgIpc) is 3.20. The monoisotopic (exact) mass is 478 g/mol. The maximum Gasteiger partial charge on any atom is 0.257 e. The molecule has 0 unspecified atom stereocenters. The second-order valence-corrected chi connectivity index (χ2v) is 9.78. The van der Waals surface area contributed by atoms with Gasteiger partial charge in [-0.3, -0.25) is 10.1 Å². The van der Waals surface area contributed by atoms with Crippen molar-refractivity contribution in [1.82, 2.24) is 4.98 Å². The van der Waals surface area contributed by atoms with Gasteiger partial charge in [-0.15, -0.1) is 11.3 Å². The van der Waals surface area contributed by atoms with Crippen LogP contribution in [0.15, 0.2) is 52.7 Å². The van der Waals surface area contributed by atoms with E-state index >= 15 is 0 Å². The highest BCUT2D eigenvalue weighted by Gasteiger charge is 2.15. The number of nitrogens with one attached hydrogen (secondary N) is 1. The van der Waals surface area contributed by atoms with Crippen molar-refractivity contribution in [2.45, 2.75) is 24.5 Å². The van der Waals surface area contributed by atoms with Gasteiger partial charge in [-0.2, -0.15) is 0 Å². The normalized spacial score (nSPS) is 12.2. The van der Waals surface area contributed by atoms with Crippen molar-refractivity contribution in [3.05, 3.63) is 59.1 Å². The Morgan fingerprint density at radius 3 is 2.41 bits per heavy atom. The summed E-state index contributed by atoms with van der Waals surface area (Å²) in [4.78, 5) is 17.0. The minimum Gasteiger partial charge on any atom is -0.488 e. The van der Waals surface area contributed by atoms with Gasteiger partial charge in [0.1, 0.15) is 23.4 Å². The van der Waals surface area contributed by atoms with Gasteiger partial charge < -0.3 is 19.7 Å². The molecule has 0 saturated carbocycles. The van der Waals surface area contributed by atoms with Gasteiger partial charge in [-0.05, 0) is 43.3 Å². The molecule has 2 aromatic carbocycles. The third-order valence-electron chi connectivity index (χ3n) is 4.16. The largest absolute Gasteiger partial charge is 0.488 e. The Balaban J connectivity index is 1.87. The molecule has 0 spiro atoms. The molecule has 1 amide bonds. The third-order valence-corrected chi connectivity index (χ3v) is 6.09. The lowest BCUT2D eigenvalue weighted by molar-refractivity contribution is 0.102. The Bertz CT molecular complexity index is 1190. The SMILES string of the molecule is C[C@@H](CO)Oc1cc(Oc2ccc(S(C)(=O)=O)cc2)cc(C(=O)Nc2nc(CO)cs2)c1. The average molecular weight is 479 g/mol. The molecule has 0 aliphatic rings. The van der Waals surface area contributed by atoms with Gasteiger partial charge >= 0.3 is 0 Å². The second-order valence-electron chi connectivity index (χ2n) is 6.91. The van der Waals surface area contributed by atoms with Gasteiger partial charge in [0.25, 0.3) is 5.91 Å². The highest BCUT2D eigenvalue weighted by atomic mass is 32.2. The van der Waals surface area contributed by atoms with Crippen LogP contribution in [0.4, 0.5) is 5.13 Å². The number of carbonyl (C=O) groups excluding carboxylic acids is 1. The van der Waals surface area contributed by atoms with Gasteiger partial charge in [-0.1, -0.05) is 0 Å². The van der Waals surface area contributed by atoms with E-state index in [1.807, 2.05) is 0 Å². The first-order chi connectivity index (χ1) is 15.2. The number of nitrogens with zero attached hydrogens (tertiary/aromatic N) is 1. The number of aromatic nitrogens is 1. The van der Waals surface area contributed by atoms with Crippen molar-refractivity contribution in [3.8, 4) is 17.2 Å². The van der Waals surface area contributed by atoms with Crippen LogP contribution in [0.3, 0.4) is 0 Å². The van der Waals surface area contributed by atoms with E-state index in [4.69, 9.17) is 14.6 Å². The molecule has 3 rings (SSSR count). The summed E-state index contributed by atoms with van der Waals surface area (Å²) in [5, 5.41) is 23.0. The van der Waals surface area contributed by atoms with E-state index in [2.05, 4.69) is 10.3 Å². The standard InChI is InChI=1S/C21H22N2O7S2/c1-13(10-24)29-17-7-14(20(26)23-21-22-15(11-25)12-31-21)8-18(9-17)30-16-3-5-19(6-4-16)32(2,27)28/h3-9,12-13,24-25H,10-11H2,1-2H3,(H,22,23,26)/t13-/m0/s1. The predicted molar refractivity (Wildman–Crippen MR) is 119 cm³/mol. The Labute approximate surface area is 189 Å². The van der Waals surface area contributed by atoms with Gasteiger partial charge in [-0.25, -0.2) is 13.4 Å². The quantitative estimate of drug-likeness (QED) is 0.427. The number of carbonyl (C=O) groups is 1. The number of aliphatic hydroxyl groups is 2.